The fourth-order valence-electron chi connectivity index (χ4n) is 2.41. The van der Waals surface area contributed by atoms with E-state index in [0.717, 1.165) is 32.7 Å². The third-order valence-corrected chi connectivity index (χ3v) is 5.56. The highest BCUT2D eigenvalue weighted by molar-refractivity contribution is 8.14. The van der Waals surface area contributed by atoms with Crippen LogP contribution in [0, 0.1) is 0 Å². The van der Waals surface area contributed by atoms with Gasteiger partial charge in [0.1, 0.15) is 10.1 Å². The highest BCUT2D eigenvalue weighted by Crippen LogP contribution is 2.34. The van der Waals surface area contributed by atoms with E-state index in [2.05, 4.69) is 30.9 Å². The van der Waals surface area contributed by atoms with E-state index in [9.17, 15) is 0 Å². The van der Waals surface area contributed by atoms with Gasteiger partial charge < -0.3 is 4.42 Å². The van der Waals surface area contributed by atoms with E-state index in [0.29, 0.717) is 5.82 Å². The summed E-state index contributed by atoms with van der Waals surface area (Å²) in [6.07, 6.45) is 16.9. The molecule has 3 heterocycles. The van der Waals surface area contributed by atoms with Crippen molar-refractivity contribution < 1.29 is 4.42 Å². The monoisotopic (exact) mass is 376 g/mol. The zero-order valence-corrected chi connectivity index (χ0v) is 15.6. The number of pyridine rings is 1. The van der Waals surface area contributed by atoms with E-state index in [4.69, 9.17) is 14.4 Å². The van der Waals surface area contributed by atoms with Gasteiger partial charge in [-0.3, -0.25) is 0 Å². The minimum absolute atomic E-state index is 0.700. The summed E-state index contributed by atoms with van der Waals surface area (Å²) in [4.78, 5) is 10.8. The van der Waals surface area contributed by atoms with Gasteiger partial charge in [-0.1, -0.05) is 54.8 Å². The third kappa shape index (κ3) is 4.18. The van der Waals surface area contributed by atoms with E-state index in [-0.39, 0.29) is 0 Å². The first-order valence-corrected chi connectivity index (χ1v) is 9.79. The fourth-order valence-corrected chi connectivity index (χ4v) is 4.00. The van der Waals surface area contributed by atoms with Crippen LogP contribution in [0.2, 0.25) is 0 Å². The standard InChI is InChI=1S/C21H16N2OS2/c1-15-8-10-16-11-13-18(25-17-5-2-3-6-17)22-21(16)23-19(12-9-15)26-20-7-4-14-24-20/h2-5,7-14H,1,6H2/b10-8?,12-9-,23-19?. The summed E-state index contributed by atoms with van der Waals surface area (Å²) in [5.41, 5.74) is 1.88. The summed E-state index contributed by atoms with van der Waals surface area (Å²) in [6, 6.07) is 7.88. The van der Waals surface area contributed by atoms with E-state index in [1.54, 1.807) is 18.0 Å². The molecular weight excluding hydrogens is 360 g/mol. The topological polar surface area (TPSA) is 38.4 Å². The first-order chi connectivity index (χ1) is 12.8. The summed E-state index contributed by atoms with van der Waals surface area (Å²) in [5.74, 6) is 0.700. The molecule has 0 unspecified atom stereocenters. The Hall–Kier alpha value is -2.50. The molecule has 3 nitrogen and oxygen atoms in total. The molecule has 2 aromatic heterocycles. The number of rotatable bonds is 3. The Balaban J connectivity index is 1.70. The van der Waals surface area contributed by atoms with Crippen LogP contribution in [0.25, 0.3) is 6.08 Å². The number of furan rings is 1. The van der Waals surface area contributed by atoms with Crippen LogP contribution in [-0.2, 0) is 0 Å². The van der Waals surface area contributed by atoms with Crippen LogP contribution in [0.1, 0.15) is 12.0 Å². The van der Waals surface area contributed by atoms with Crippen LogP contribution in [0.5, 0.6) is 0 Å². The Kier molecular flexibility index (Phi) is 5.09. The average Bonchev–Trinajstić information content (AvgIpc) is 3.33. The van der Waals surface area contributed by atoms with E-state index in [1.165, 1.54) is 16.7 Å². The molecular formula is C21H16N2OS2. The van der Waals surface area contributed by atoms with E-state index < -0.39 is 0 Å². The van der Waals surface area contributed by atoms with Crippen LogP contribution in [0.15, 0.2) is 104 Å². The van der Waals surface area contributed by atoms with Gasteiger partial charge in [0.15, 0.2) is 10.9 Å². The van der Waals surface area contributed by atoms with Gasteiger partial charge in [-0.25, -0.2) is 9.98 Å². The summed E-state index contributed by atoms with van der Waals surface area (Å²) >= 11 is 3.15. The number of aliphatic imine (C=N–C) groups is 1. The van der Waals surface area contributed by atoms with Gasteiger partial charge in [0, 0.05) is 5.56 Å². The average molecular weight is 377 g/mol. The summed E-state index contributed by atoms with van der Waals surface area (Å²) in [6.45, 7) is 4.05. The largest absolute Gasteiger partial charge is 0.458 e. The highest BCUT2D eigenvalue weighted by Gasteiger charge is 2.10. The lowest BCUT2D eigenvalue weighted by molar-refractivity contribution is 0.475. The predicted octanol–water partition coefficient (Wildman–Crippen LogP) is 6.57. The molecule has 0 amide bonds. The summed E-state index contributed by atoms with van der Waals surface area (Å²) in [7, 11) is 0. The van der Waals surface area contributed by atoms with Crippen molar-refractivity contribution in [3.63, 3.8) is 0 Å². The Morgan fingerprint density at radius 1 is 1.04 bits per heavy atom. The number of nitrogens with zero attached hydrogens (tertiary/aromatic N) is 2. The third-order valence-electron chi connectivity index (χ3n) is 3.69. The van der Waals surface area contributed by atoms with Crippen molar-refractivity contribution in [2.24, 2.45) is 4.99 Å². The first-order valence-electron chi connectivity index (χ1n) is 8.16. The number of hydrogen-bond donors (Lipinski definition) is 0. The Bertz CT molecular complexity index is 979. The molecule has 0 spiro atoms. The second-order valence-electron chi connectivity index (χ2n) is 5.66. The second kappa shape index (κ2) is 7.81. The quantitative estimate of drug-likeness (QED) is 0.607. The Labute approximate surface area is 161 Å². The molecule has 0 saturated heterocycles. The number of aromatic nitrogens is 1. The van der Waals surface area contributed by atoms with Crippen LogP contribution in [-0.4, -0.2) is 10.0 Å². The molecule has 5 heteroatoms. The van der Waals surface area contributed by atoms with Crippen molar-refractivity contribution in [2.45, 2.75) is 16.5 Å². The molecule has 1 aliphatic heterocycles. The van der Waals surface area contributed by atoms with Crippen LogP contribution >= 0.6 is 23.5 Å². The van der Waals surface area contributed by atoms with Crippen molar-refractivity contribution in [2.75, 3.05) is 0 Å². The van der Waals surface area contributed by atoms with Crippen molar-refractivity contribution in [1.82, 2.24) is 4.98 Å². The minimum atomic E-state index is 0.700. The molecule has 0 fully saturated rings. The minimum Gasteiger partial charge on any atom is -0.458 e. The summed E-state index contributed by atoms with van der Waals surface area (Å²) in [5, 5.41) is 2.54. The lowest BCUT2D eigenvalue weighted by atomic mass is 10.2. The van der Waals surface area contributed by atoms with Gasteiger partial charge in [0.05, 0.1) is 6.26 Å². The van der Waals surface area contributed by atoms with Crippen LogP contribution in [0.3, 0.4) is 0 Å². The molecule has 4 rings (SSSR count). The van der Waals surface area contributed by atoms with Gasteiger partial charge in [0.25, 0.3) is 0 Å². The molecule has 128 valence electrons. The van der Waals surface area contributed by atoms with Gasteiger partial charge in [-0.2, -0.15) is 0 Å². The summed E-state index contributed by atoms with van der Waals surface area (Å²) < 4.78 is 5.44. The number of thioether (sulfide) groups is 2. The van der Waals surface area contributed by atoms with Gasteiger partial charge in [-0.15, -0.1) is 0 Å². The maximum atomic E-state index is 5.44. The highest BCUT2D eigenvalue weighted by atomic mass is 32.2. The molecule has 0 aromatic carbocycles. The molecule has 0 atom stereocenters. The molecule has 2 aliphatic rings. The van der Waals surface area contributed by atoms with Crippen molar-refractivity contribution >= 4 is 40.5 Å². The predicted molar refractivity (Wildman–Crippen MR) is 111 cm³/mol. The maximum Gasteiger partial charge on any atom is 0.166 e. The van der Waals surface area contributed by atoms with Gasteiger partial charge in [0.2, 0.25) is 0 Å². The Morgan fingerprint density at radius 2 is 1.96 bits per heavy atom. The maximum absolute atomic E-state index is 5.44. The SMILES string of the molecule is C=C1C=Cc2ccc(SC3=CC=CC3)nc2N=C(Sc2ccco2)/C=C\1. The smallest absolute Gasteiger partial charge is 0.166 e. The fraction of sp³-hybridized carbons (Fsp3) is 0.0476. The molecule has 26 heavy (non-hydrogen) atoms. The molecule has 0 N–H and O–H groups in total. The second-order valence-corrected chi connectivity index (χ2v) is 7.83. The van der Waals surface area contributed by atoms with Crippen molar-refractivity contribution in [3.05, 3.63) is 89.6 Å². The number of fused-ring (bicyclic) bond motifs is 1. The zero-order chi connectivity index (χ0) is 17.8. The van der Waals surface area contributed by atoms with Crippen molar-refractivity contribution in [3.8, 4) is 0 Å². The van der Waals surface area contributed by atoms with Crippen LogP contribution in [0.4, 0.5) is 5.82 Å². The van der Waals surface area contributed by atoms with E-state index >= 15 is 0 Å². The number of hydrogen-bond acceptors (Lipinski definition) is 5. The first kappa shape index (κ1) is 16.9. The van der Waals surface area contributed by atoms with Crippen LogP contribution < -0.4 is 0 Å². The molecule has 1 aliphatic carbocycles. The molecule has 0 radical (unpaired) electrons. The molecule has 0 bridgehead atoms. The number of allylic oxidation sites excluding steroid dienone is 7. The molecule has 0 saturated carbocycles. The van der Waals surface area contributed by atoms with Gasteiger partial charge in [-0.05, 0) is 59.0 Å². The zero-order valence-electron chi connectivity index (χ0n) is 14.0. The Morgan fingerprint density at radius 3 is 2.77 bits per heavy atom. The lowest BCUT2D eigenvalue weighted by Crippen LogP contribution is -1.90. The lowest BCUT2D eigenvalue weighted by Gasteiger charge is -2.06. The van der Waals surface area contributed by atoms with Crippen molar-refractivity contribution in [1.29, 1.82) is 0 Å². The normalized spacial score (nSPS) is 17.2. The van der Waals surface area contributed by atoms with Gasteiger partial charge >= 0.3 is 0 Å². The molecule has 2 aromatic rings. The van der Waals surface area contributed by atoms with E-state index in [1.807, 2.05) is 42.5 Å².